The van der Waals surface area contributed by atoms with E-state index in [2.05, 4.69) is 15.9 Å². The van der Waals surface area contributed by atoms with E-state index in [1.54, 1.807) is 24.3 Å². The molecule has 0 fully saturated rings. The van der Waals surface area contributed by atoms with Gasteiger partial charge in [0.2, 0.25) is 0 Å². The highest BCUT2D eigenvalue weighted by Crippen LogP contribution is 2.23. The predicted octanol–water partition coefficient (Wildman–Crippen LogP) is 3.67. The first-order valence-corrected chi connectivity index (χ1v) is 6.91. The minimum absolute atomic E-state index is 0.0480. The van der Waals surface area contributed by atoms with Gasteiger partial charge in [0.15, 0.2) is 6.61 Å². The lowest BCUT2D eigenvalue weighted by molar-refractivity contribution is 0.0557. The van der Waals surface area contributed by atoms with Crippen molar-refractivity contribution >= 4 is 28.6 Å². The maximum Gasteiger partial charge on any atom is 0.339 e. The smallest absolute Gasteiger partial charge is 0.339 e. The van der Waals surface area contributed by atoms with Crippen LogP contribution in [0.3, 0.4) is 0 Å². The number of carbonyl (C=O) groups is 1. The quantitative estimate of drug-likeness (QED) is 0.593. The topological polar surface area (TPSA) is 55.0 Å². The number of nitrogens with zero attached hydrogens (tertiary/aromatic N) is 1. The van der Waals surface area contributed by atoms with Gasteiger partial charge in [-0.1, -0.05) is 29.7 Å². The average molecular weight is 311 g/mol. The second kappa shape index (κ2) is 5.92. The number of fused-ring (bicyclic) bond motifs is 1. The second-order valence-electron chi connectivity index (χ2n) is 4.61. The fourth-order valence-electron chi connectivity index (χ4n) is 2.10. The van der Waals surface area contributed by atoms with E-state index in [0.29, 0.717) is 16.4 Å². The number of carbonyl (C=O) groups excluding carboxylic acids is 1. The van der Waals surface area contributed by atoms with Crippen molar-refractivity contribution in [3.8, 4) is 23.7 Å². The minimum atomic E-state index is -0.459. The van der Waals surface area contributed by atoms with Gasteiger partial charge in [0, 0.05) is 10.6 Å². The highest BCUT2D eigenvalue weighted by molar-refractivity contribution is 6.30. The zero-order valence-electron chi connectivity index (χ0n) is 11.5. The molecule has 0 bridgehead atoms. The van der Waals surface area contributed by atoms with Crippen LogP contribution < -0.4 is 0 Å². The lowest BCUT2D eigenvalue weighted by Gasteiger charge is -2.00. The summed E-state index contributed by atoms with van der Waals surface area (Å²) in [6.07, 6.45) is 5.07. The number of aromatic amines is 1. The molecule has 108 valence electrons. The number of H-pyrrole nitrogens is 1. The summed E-state index contributed by atoms with van der Waals surface area (Å²) >= 11 is 5.99. The fraction of sp³-hybridized carbons (Fsp3) is 0.0588. The summed E-state index contributed by atoms with van der Waals surface area (Å²) in [5.41, 5.74) is 2.79. The number of terminal acetylenes is 1. The number of halogens is 1. The molecule has 1 aromatic heterocycles. The lowest BCUT2D eigenvalue weighted by atomic mass is 10.2. The molecule has 1 N–H and O–H groups in total. The highest BCUT2D eigenvalue weighted by Gasteiger charge is 2.11. The molecule has 3 rings (SSSR count). The molecule has 5 heteroatoms. The molecule has 0 radical (unpaired) electrons. The molecule has 1 heterocycles. The van der Waals surface area contributed by atoms with E-state index in [0.717, 1.165) is 16.6 Å². The molecule has 0 aliphatic heterocycles. The Balaban J connectivity index is 1.97. The number of rotatable bonds is 3. The predicted molar refractivity (Wildman–Crippen MR) is 85.7 cm³/mol. The van der Waals surface area contributed by atoms with Crippen LogP contribution >= 0.6 is 11.6 Å². The van der Waals surface area contributed by atoms with Crippen LogP contribution in [0.25, 0.3) is 22.4 Å². The SMILES string of the molecule is C#CCOC(=O)c1ccc2nc(-c3cccc(Cl)c3)[nH]c2c1. The van der Waals surface area contributed by atoms with Gasteiger partial charge in [-0.15, -0.1) is 6.42 Å². The molecule has 0 aliphatic rings. The summed E-state index contributed by atoms with van der Waals surface area (Å²) in [6.45, 7) is -0.0480. The van der Waals surface area contributed by atoms with Gasteiger partial charge in [-0.05, 0) is 30.3 Å². The zero-order chi connectivity index (χ0) is 15.5. The Kier molecular flexibility index (Phi) is 3.82. The van der Waals surface area contributed by atoms with Crippen molar-refractivity contribution in [2.45, 2.75) is 0 Å². The molecule has 0 aliphatic carbocycles. The molecular formula is C17H11ClN2O2. The number of nitrogens with one attached hydrogen (secondary N) is 1. The minimum Gasteiger partial charge on any atom is -0.449 e. The summed E-state index contributed by atoms with van der Waals surface area (Å²) in [5.74, 6) is 2.49. The van der Waals surface area contributed by atoms with Gasteiger partial charge < -0.3 is 9.72 Å². The molecule has 22 heavy (non-hydrogen) atoms. The Bertz CT molecular complexity index is 893. The van der Waals surface area contributed by atoms with Gasteiger partial charge in [-0.2, -0.15) is 0 Å². The number of esters is 1. The van der Waals surface area contributed by atoms with Crippen molar-refractivity contribution in [3.05, 3.63) is 53.1 Å². The van der Waals surface area contributed by atoms with Gasteiger partial charge in [0.1, 0.15) is 5.82 Å². The van der Waals surface area contributed by atoms with Crippen LogP contribution in [0.2, 0.25) is 5.02 Å². The number of hydrogen-bond acceptors (Lipinski definition) is 3. The van der Waals surface area contributed by atoms with E-state index < -0.39 is 5.97 Å². The monoisotopic (exact) mass is 310 g/mol. The van der Waals surface area contributed by atoms with Crippen molar-refractivity contribution in [2.75, 3.05) is 6.61 Å². The van der Waals surface area contributed by atoms with Crippen LogP contribution in [0.5, 0.6) is 0 Å². The third-order valence-electron chi connectivity index (χ3n) is 3.10. The number of imidazole rings is 1. The first-order valence-electron chi connectivity index (χ1n) is 6.53. The first-order chi connectivity index (χ1) is 10.7. The molecule has 0 unspecified atom stereocenters. The van der Waals surface area contributed by atoms with E-state index in [1.165, 1.54) is 0 Å². The number of benzene rings is 2. The van der Waals surface area contributed by atoms with Crippen LogP contribution in [0.4, 0.5) is 0 Å². The third kappa shape index (κ3) is 2.80. The average Bonchev–Trinajstić information content (AvgIpc) is 2.95. The summed E-state index contributed by atoms with van der Waals surface area (Å²) in [6, 6.07) is 12.5. The Morgan fingerprint density at radius 3 is 2.95 bits per heavy atom. The summed E-state index contributed by atoms with van der Waals surface area (Å²) < 4.78 is 4.91. The molecule has 4 nitrogen and oxygen atoms in total. The maximum atomic E-state index is 11.8. The Labute approximate surface area is 132 Å². The van der Waals surface area contributed by atoms with Crippen molar-refractivity contribution in [3.63, 3.8) is 0 Å². The number of aromatic nitrogens is 2. The third-order valence-corrected chi connectivity index (χ3v) is 3.34. The highest BCUT2D eigenvalue weighted by atomic mass is 35.5. The summed E-state index contributed by atoms with van der Waals surface area (Å²) in [4.78, 5) is 19.5. The normalized spacial score (nSPS) is 10.4. The van der Waals surface area contributed by atoms with Crippen LogP contribution in [-0.4, -0.2) is 22.5 Å². The Hall–Kier alpha value is -2.77. The molecule has 0 atom stereocenters. The van der Waals surface area contributed by atoms with Gasteiger partial charge in [-0.3, -0.25) is 0 Å². The molecule has 0 spiro atoms. The van der Waals surface area contributed by atoms with Crippen LogP contribution in [0.15, 0.2) is 42.5 Å². The second-order valence-corrected chi connectivity index (χ2v) is 5.04. The van der Waals surface area contributed by atoms with E-state index in [1.807, 2.05) is 18.2 Å². The van der Waals surface area contributed by atoms with Crippen molar-refractivity contribution in [1.82, 2.24) is 9.97 Å². The van der Waals surface area contributed by atoms with Crippen molar-refractivity contribution in [1.29, 1.82) is 0 Å². The van der Waals surface area contributed by atoms with Gasteiger partial charge in [-0.25, -0.2) is 9.78 Å². The first kappa shape index (κ1) is 14.2. The fourth-order valence-corrected chi connectivity index (χ4v) is 2.29. The molecule has 3 aromatic rings. The summed E-state index contributed by atoms with van der Waals surface area (Å²) in [7, 11) is 0. The maximum absolute atomic E-state index is 11.8. The van der Waals surface area contributed by atoms with Crippen LogP contribution in [-0.2, 0) is 4.74 Å². The van der Waals surface area contributed by atoms with Crippen molar-refractivity contribution < 1.29 is 9.53 Å². The molecule has 0 amide bonds. The van der Waals surface area contributed by atoms with Gasteiger partial charge in [0.05, 0.1) is 16.6 Å². The number of ether oxygens (including phenoxy) is 1. The molecule has 0 saturated heterocycles. The van der Waals surface area contributed by atoms with Crippen LogP contribution in [0.1, 0.15) is 10.4 Å². The van der Waals surface area contributed by atoms with Gasteiger partial charge >= 0.3 is 5.97 Å². The summed E-state index contributed by atoms with van der Waals surface area (Å²) in [5, 5.41) is 0.636. The Morgan fingerprint density at radius 2 is 2.18 bits per heavy atom. The van der Waals surface area contributed by atoms with Crippen molar-refractivity contribution in [2.24, 2.45) is 0 Å². The zero-order valence-corrected chi connectivity index (χ0v) is 12.2. The molecule has 0 saturated carbocycles. The standard InChI is InChI=1S/C17H11ClN2O2/c1-2-8-22-17(21)12-6-7-14-15(10-12)20-16(19-14)11-4-3-5-13(18)9-11/h1,3-7,9-10H,8H2,(H,19,20). The van der Waals surface area contributed by atoms with E-state index >= 15 is 0 Å². The van der Waals surface area contributed by atoms with Crippen LogP contribution in [0, 0.1) is 12.3 Å². The van der Waals surface area contributed by atoms with Gasteiger partial charge in [0.25, 0.3) is 0 Å². The molecule has 2 aromatic carbocycles. The largest absolute Gasteiger partial charge is 0.449 e. The van der Waals surface area contributed by atoms with E-state index in [-0.39, 0.29) is 6.61 Å². The lowest BCUT2D eigenvalue weighted by Crippen LogP contribution is -2.04. The Morgan fingerprint density at radius 1 is 1.32 bits per heavy atom. The van der Waals surface area contributed by atoms with E-state index in [4.69, 9.17) is 22.8 Å². The number of hydrogen-bond donors (Lipinski definition) is 1. The molecular weight excluding hydrogens is 300 g/mol. The van der Waals surface area contributed by atoms with E-state index in [9.17, 15) is 4.79 Å².